The minimum atomic E-state index is -0.00199. The lowest BCUT2D eigenvalue weighted by Gasteiger charge is -2.30. The van der Waals surface area contributed by atoms with E-state index in [1.807, 2.05) is 0 Å². The molecule has 0 spiro atoms. The van der Waals surface area contributed by atoms with E-state index < -0.39 is 0 Å². The molecule has 1 aliphatic rings. The lowest BCUT2D eigenvalue weighted by Crippen LogP contribution is -2.38. The Labute approximate surface area is 105 Å². The first kappa shape index (κ1) is 14.9. The summed E-state index contributed by atoms with van der Waals surface area (Å²) in [6.45, 7) is 8.95. The fraction of sp³-hybridized carbons (Fsp3) is 1.00. The SMILES string of the molecule is CCC(C)N(CCOC)CCC1OCCCO1. The van der Waals surface area contributed by atoms with Crippen LogP contribution in [-0.2, 0) is 14.2 Å². The molecule has 0 radical (unpaired) electrons. The standard InChI is InChI=1S/C13H27NO3/c1-4-12(2)14(8-11-15-3)7-6-13-16-9-5-10-17-13/h12-13H,4-11H2,1-3H3. The third-order valence-electron chi connectivity index (χ3n) is 3.34. The van der Waals surface area contributed by atoms with Crippen LogP contribution in [0.3, 0.4) is 0 Å². The average Bonchev–Trinajstić information content (AvgIpc) is 2.39. The van der Waals surface area contributed by atoms with Crippen molar-refractivity contribution in [2.45, 2.75) is 45.4 Å². The Bertz CT molecular complexity index is 184. The lowest BCUT2D eigenvalue weighted by atomic mass is 10.2. The second-order valence-corrected chi connectivity index (χ2v) is 4.60. The number of hydrogen-bond acceptors (Lipinski definition) is 4. The van der Waals surface area contributed by atoms with E-state index in [9.17, 15) is 0 Å². The summed E-state index contributed by atoms with van der Waals surface area (Å²) in [4.78, 5) is 2.45. The van der Waals surface area contributed by atoms with Crippen LogP contribution in [0, 0.1) is 0 Å². The van der Waals surface area contributed by atoms with Crippen molar-refractivity contribution >= 4 is 0 Å². The largest absolute Gasteiger partial charge is 0.383 e. The molecule has 0 saturated carbocycles. The van der Waals surface area contributed by atoms with Crippen LogP contribution >= 0.6 is 0 Å². The van der Waals surface area contributed by atoms with Gasteiger partial charge in [-0.05, 0) is 19.8 Å². The summed E-state index contributed by atoms with van der Waals surface area (Å²) in [7, 11) is 1.75. The molecule has 0 aromatic carbocycles. The second kappa shape index (κ2) is 8.86. The van der Waals surface area contributed by atoms with Gasteiger partial charge in [0.25, 0.3) is 0 Å². The quantitative estimate of drug-likeness (QED) is 0.653. The van der Waals surface area contributed by atoms with Crippen LogP contribution in [0.25, 0.3) is 0 Å². The van der Waals surface area contributed by atoms with Crippen LogP contribution in [0.5, 0.6) is 0 Å². The molecule has 17 heavy (non-hydrogen) atoms. The molecule has 0 aliphatic carbocycles. The highest BCUT2D eigenvalue weighted by Gasteiger charge is 2.17. The summed E-state index contributed by atoms with van der Waals surface area (Å²) in [6.07, 6.45) is 3.14. The van der Waals surface area contributed by atoms with Crippen LogP contribution in [-0.4, -0.2) is 57.3 Å². The molecule has 0 amide bonds. The zero-order valence-corrected chi connectivity index (χ0v) is 11.5. The van der Waals surface area contributed by atoms with Gasteiger partial charge in [0.05, 0.1) is 19.8 Å². The minimum absolute atomic E-state index is 0.00199. The fourth-order valence-electron chi connectivity index (χ4n) is 1.99. The summed E-state index contributed by atoms with van der Waals surface area (Å²) < 4.78 is 16.3. The van der Waals surface area contributed by atoms with Crippen molar-refractivity contribution < 1.29 is 14.2 Å². The molecule has 102 valence electrons. The van der Waals surface area contributed by atoms with Crippen LogP contribution < -0.4 is 0 Å². The molecule has 0 aromatic heterocycles. The van der Waals surface area contributed by atoms with E-state index in [0.29, 0.717) is 6.04 Å². The summed E-state index contributed by atoms with van der Waals surface area (Å²) in [5.74, 6) is 0. The Morgan fingerprint density at radius 2 is 2.00 bits per heavy atom. The molecule has 0 bridgehead atoms. The van der Waals surface area contributed by atoms with E-state index in [1.54, 1.807) is 7.11 Å². The van der Waals surface area contributed by atoms with Gasteiger partial charge in [-0.2, -0.15) is 0 Å². The smallest absolute Gasteiger partial charge is 0.158 e. The molecule has 1 atom stereocenters. The predicted octanol–water partition coefficient (Wildman–Crippen LogP) is 1.89. The molecule has 1 aliphatic heterocycles. The molecule has 1 unspecified atom stereocenters. The van der Waals surface area contributed by atoms with Crippen molar-refractivity contribution in [3.8, 4) is 0 Å². The highest BCUT2D eigenvalue weighted by molar-refractivity contribution is 4.67. The van der Waals surface area contributed by atoms with Crippen LogP contribution in [0.4, 0.5) is 0 Å². The van der Waals surface area contributed by atoms with Gasteiger partial charge in [0, 0.05) is 32.7 Å². The molecule has 1 heterocycles. The molecule has 4 nitrogen and oxygen atoms in total. The van der Waals surface area contributed by atoms with Crippen molar-refractivity contribution in [2.24, 2.45) is 0 Å². The van der Waals surface area contributed by atoms with Crippen LogP contribution in [0.2, 0.25) is 0 Å². The number of hydrogen-bond donors (Lipinski definition) is 0. The molecular weight excluding hydrogens is 218 g/mol. The number of methoxy groups -OCH3 is 1. The van der Waals surface area contributed by atoms with E-state index in [2.05, 4.69) is 18.7 Å². The molecular formula is C13H27NO3. The Morgan fingerprint density at radius 3 is 2.59 bits per heavy atom. The van der Waals surface area contributed by atoms with E-state index in [-0.39, 0.29) is 6.29 Å². The number of nitrogens with zero attached hydrogens (tertiary/aromatic N) is 1. The summed E-state index contributed by atoms with van der Waals surface area (Å²) in [5.41, 5.74) is 0. The summed E-state index contributed by atoms with van der Waals surface area (Å²) in [5, 5.41) is 0. The molecule has 1 rings (SSSR count). The van der Waals surface area contributed by atoms with E-state index in [4.69, 9.17) is 14.2 Å². The maximum atomic E-state index is 5.57. The highest BCUT2D eigenvalue weighted by Crippen LogP contribution is 2.11. The van der Waals surface area contributed by atoms with E-state index in [1.165, 1.54) is 0 Å². The summed E-state index contributed by atoms with van der Waals surface area (Å²) in [6, 6.07) is 0.591. The van der Waals surface area contributed by atoms with Gasteiger partial charge in [-0.1, -0.05) is 6.92 Å². The van der Waals surface area contributed by atoms with Gasteiger partial charge in [0.1, 0.15) is 0 Å². The van der Waals surface area contributed by atoms with Gasteiger partial charge in [0.2, 0.25) is 0 Å². The Morgan fingerprint density at radius 1 is 1.29 bits per heavy atom. The first-order chi connectivity index (χ1) is 8.27. The molecule has 1 fully saturated rings. The van der Waals surface area contributed by atoms with E-state index >= 15 is 0 Å². The third kappa shape index (κ3) is 5.82. The van der Waals surface area contributed by atoms with Gasteiger partial charge in [-0.25, -0.2) is 0 Å². The highest BCUT2D eigenvalue weighted by atomic mass is 16.7. The van der Waals surface area contributed by atoms with Crippen molar-refractivity contribution in [1.29, 1.82) is 0 Å². The van der Waals surface area contributed by atoms with Crippen LogP contribution in [0.15, 0.2) is 0 Å². The van der Waals surface area contributed by atoms with Crippen molar-refractivity contribution in [3.63, 3.8) is 0 Å². The minimum Gasteiger partial charge on any atom is -0.383 e. The van der Waals surface area contributed by atoms with Gasteiger partial charge < -0.3 is 14.2 Å². The Balaban J connectivity index is 2.26. The lowest BCUT2D eigenvalue weighted by molar-refractivity contribution is -0.183. The Kier molecular flexibility index (Phi) is 7.77. The molecule has 0 aromatic rings. The number of rotatable bonds is 8. The van der Waals surface area contributed by atoms with E-state index in [0.717, 1.165) is 52.2 Å². The molecule has 4 heteroatoms. The van der Waals surface area contributed by atoms with Crippen molar-refractivity contribution in [1.82, 2.24) is 4.90 Å². The normalized spacial score (nSPS) is 19.8. The first-order valence-electron chi connectivity index (χ1n) is 6.74. The monoisotopic (exact) mass is 245 g/mol. The van der Waals surface area contributed by atoms with Crippen molar-refractivity contribution in [3.05, 3.63) is 0 Å². The maximum absolute atomic E-state index is 5.57. The number of ether oxygens (including phenoxy) is 3. The van der Waals surface area contributed by atoms with Gasteiger partial charge >= 0.3 is 0 Å². The fourth-order valence-corrected chi connectivity index (χ4v) is 1.99. The topological polar surface area (TPSA) is 30.9 Å². The second-order valence-electron chi connectivity index (χ2n) is 4.60. The first-order valence-corrected chi connectivity index (χ1v) is 6.74. The van der Waals surface area contributed by atoms with Gasteiger partial charge in [-0.3, -0.25) is 4.90 Å². The Hall–Kier alpha value is -0.160. The average molecular weight is 245 g/mol. The molecule has 1 saturated heterocycles. The molecule has 0 N–H and O–H groups in total. The van der Waals surface area contributed by atoms with Gasteiger partial charge in [-0.15, -0.1) is 0 Å². The van der Waals surface area contributed by atoms with Gasteiger partial charge in [0.15, 0.2) is 6.29 Å². The zero-order valence-electron chi connectivity index (χ0n) is 11.5. The predicted molar refractivity (Wildman–Crippen MR) is 68.1 cm³/mol. The third-order valence-corrected chi connectivity index (χ3v) is 3.34. The zero-order chi connectivity index (χ0) is 12.5. The maximum Gasteiger partial charge on any atom is 0.158 e. The summed E-state index contributed by atoms with van der Waals surface area (Å²) >= 11 is 0. The van der Waals surface area contributed by atoms with Crippen LogP contribution in [0.1, 0.15) is 33.1 Å². The van der Waals surface area contributed by atoms with Crippen molar-refractivity contribution in [2.75, 3.05) is 40.0 Å².